The van der Waals surface area contributed by atoms with Crippen molar-refractivity contribution in [1.82, 2.24) is 0 Å². The fraction of sp³-hybridized carbons (Fsp3) is 0.778. The van der Waals surface area contributed by atoms with E-state index in [0.717, 1.165) is 25.7 Å². The molecule has 0 aliphatic rings. The molecule has 27 heavy (non-hydrogen) atoms. The van der Waals surface area contributed by atoms with Crippen LogP contribution in [0.25, 0.3) is 0 Å². The van der Waals surface area contributed by atoms with Crippen molar-refractivity contribution < 1.29 is 65.8 Å². The summed E-state index contributed by atoms with van der Waals surface area (Å²) in [4.78, 5) is 39.7. The van der Waals surface area contributed by atoms with Crippen LogP contribution in [0.5, 0.6) is 0 Å². The zero-order chi connectivity index (χ0) is 21.4. The molecular formula is C18H34O8Zr. The van der Waals surface area contributed by atoms with Crippen LogP contribution in [0.15, 0.2) is 0 Å². The van der Waals surface area contributed by atoms with Crippen LogP contribution in [0, 0.1) is 0 Å². The van der Waals surface area contributed by atoms with Crippen molar-refractivity contribution in [3.05, 3.63) is 0 Å². The van der Waals surface area contributed by atoms with Gasteiger partial charge in [0, 0.05) is 50.8 Å². The quantitative estimate of drug-likeness (QED) is 0.416. The molecule has 0 fully saturated rings. The van der Waals surface area contributed by atoms with E-state index in [1.807, 2.05) is 0 Å². The third kappa shape index (κ3) is 58.7. The Balaban J connectivity index is -0.0000000807. The molecule has 0 rings (SSSR count). The predicted octanol–water partition coefficient (Wildman–Crippen LogP) is -0.234. The number of carbonyl (C=O) groups excluding carboxylic acids is 4. The maximum absolute atomic E-state index is 10.2. The molecule has 0 bridgehead atoms. The van der Waals surface area contributed by atoms with Crippen LogP contribution in [-0.4, -0.2) is 46.9 Å². The van der Waals surface area contributed by atoms with Gasteiger partial charge in [-0.1, -0.05) is 40.5 Å². The molecule has 0 aromatic carbocycles. The average molecular weight is 470 g/mol. The molecule has 0 radical (unpaired) electrons. The minimum Gasteiger partial charge on any atom is -0.550 e. The largest absolute Gasteiger partial charge is 2.00 e. The summed E-state index contributed by atoms with van der Waals surface area (Å²) >= 11 is 0. The first kappa shape index (κ1) is 36.9. The summed E-state index contributed by atoms with van der Waals surface area (Å²) in [7, 11) is 0. The summed E-state index contributed by atoms with van der Waals surface area (Å²) in [6, 6.07) is 0. The molecule has 0 amide bonds. The van der Waals surface area contributed by atoms with Crippen molar-refractivity contribution in [3.63, 3.8) is 0 Å². The number of Topliss-reactive ketones (excluding diaryl/α,β-unsaturated/α-hetero) is 2. The molecule has 0 aromatic rings. The third-order valence-corrected chi connectivity index (χ3v) is 2.50. The van der Waals surface area contributed by atoms with Gasteiger partial charge in [0.05, 0.1) is 0 Å². The fourth-order valence-electron chi connectivity index (χ4n) is 0.888. The summed E-state index contributed by atoms with van der Waals surface area (Å²) in [6.07, 6.45) is 3.72. The van der Waals surface area contributed by atoms with Crippen molar-refractivity contribution >= 4 is 23.5 Å². The summed E-state index contributed by atoms with van der Waals surface area (Å²) in [5.74, 6) is -3.16. The van der Waals surface area contributed by atoms with Crippen LogP contribution in [0.2, 0.25) is 0 Å². The van der Waals surface area contributed by atoms with Gasteiger partial charge in [-0.05, 0) is 12.8 Å². The SMILES string of the molecule is CCC(=O)CC(=O)[O-].CCC(=O)CC(=O)[O-].CCCCO.CCCCO.[Zr+2]. The first-order chi connectivity index (χ1) is 12.2. The van der Waals surface area contributed by atoms with Crippen LogP contribution in [-0.2, 0) is 45.4 Å². The van der Waals surface area contributed by atoms with Gasteiger partial charge in [0.15, 0.2) is 0 Å². The Morgan fingerprint density at radius 2 is 0.926 bits per heavy atom. The van der Waals surface area contributed by atoms with Gasteiger partial charge in [-0.25, -0.2) is 0 Å². The summed E-state index contributed by atoms with van der Waals surface area (Å²) in [5.41, 5.74) is 0. The third-order valence-electron chi connectivity index (χ3n) is 2.50. The second-order valence-electron chi connectivity index (χ2n) is 5.04. The molecule has 0 saturated heterocycles. The average Bonchev–Trinajstić information content (AvgIpc) is 2.56. The Labute approximate surface area is 181 Å². The Morgan fingerprint density at radius 3 is 0.963 bits per heavy atom. The first-order valence-electron chi connectivity index (χ1n) is 8.81. The van der Waals surface area contributed by atoms with E-state index in [9.17, 15) is 29.4 Å². The van der Waals surface area contributed by atoms with Gasteiger partial charge in [0.2, 0.25) is 0 Å². The number of hydrogen-bond donors (Lipinski definition) is 2. The molecule has 158 valence electrons. The minimum absolute atomic E-state index is 0. The second-order valence-corrected chi connectivity index (χ2v) is 5.04. The molecule has 2 N–H and O–H groups in total. The van der Waals surface area contributed by atoms with Gasteiger partial charge >= 0.3 is 26.2 Å². The molecule has 0 spiro atoms. The van der Waals surface area contributed by atoms with Crippen molar-refractivity contribution in [2.45, 2.75) is 79.1 Å². The number of ketones is 2. The Bertz CT molecular complexity index is 321. The zero-order valence-electron chi connectivity index (χ0n) is 16.9. The molecule has 0 heterocycles. The maximum Gasteiger partial charge on any atom is 2.00 e. The van der Waals surface area contributed by atoms with Gasteiger partial charge in [-0.2, -0.15) is 0 Å². The van der Waals surface area contributed by atoms with E-state index >= 15 is 0 Å². The van der Waals surface area contributed by atoms with Crippen LogP contribution in [0.3, 0.4) is 0 Å². The van der Waals surface area contributed by atoms with Gasteiger partial charge in [0.25, 0.3) is 0 Å². The molecule has 9 heteroatoms. The standard InChI is InChI=1S/2C5H8O3.2C4H10O.Zr/c2*1-2-4(6)3-5(7)8;2*1-2-3-4-5;/h2*2-3H2,1H3,(H,7,8);2*5H,2-4H2,1H3;/q;;;;+2/p-2. The normalized spacial score (nSPS) is 8.22. The number of unbranched alkanes of at least 4 members (excludes halogenated alkanes) is 2. The summed E-state index contributed by atoms with van der Waals surface area (Å²) < 4.78 is 0. The Morgan fingerprint density at radius 1 is 0.667 bits per heavy atom. The first-order valence-corrected chi connectivity index (χ1v) is 8.81. The van der Waals surface area contributed by atoms with Crippen LogP contribution in [0.1, 0.15) is 79.1 Å². The number of aliphatic carboxylic acids is 2. The van der Waals surface area contributed by atoms with Gasteiger partial charge < -0.3 is 30.0 Å². The Hall–Kier alpha value is -0.917. The van der Waals surface area contributed by atoms with E-state index < -0.39 is 24.8 Å². The topological polar surface area (TPSA) is 155 Å². The number of carboxylic acids is 2. The van der Waals surface area contributed by atoms with Gasteiger partial charge in [0.1, 0.15) is 11.6 Å². The smallest absolute Gasteiger partial charge is 0.550 e. The molecule has 0 aliphatic carbocycles. The zero-order valence-corrected chi connectivity index (χ0v) is 19.4. The maximum atomic E-state index is 10.2. The molecule has 0 unspecified atom stereocenters. The molecule has 0 atom stereocenters. The number of aliphatic hydroxyl groups is 2. The number of hydrogen-bond acceptors (Lipinski definition) is 8. The van der Waals surface area contributed by atoms with E-state index in [-0.39, 0.29) is 50.6 Å². The second kappa shape index (κ2) is 32.7. The predicted molar refractivity (Wildman–Crippen MR) is 93.8 cm³/mol. The number of carboxylic acid groups (broad SMARTS) is 2. The number of rotatable bonds is 10. The Kier molecular flexibility index (Phi) is 44.8. The molecule has 0 aromatic heterocycles. The van der Waals surface area contributed by atoms with Crippen LogP contribution < -0.4 is 10.2 Å². The van der Waals surface area contributed by atoms with E-state index in [4.69, 9.17) is 10.2 Å². The molecule has 0 saturated carbocycles. The fourth-order valence-corrected chi connectivity index (χ4v) is 0.888. The van der Waals surface area contributed by atoms with E-state index in [1.54, 1.807) is 13.8 Å². The molecular weight excluding hydrogens is 435 g/mol. The van der Waals surface area contributed by atoms with Crippen molar-refractivity contribution in [2.24, 2.45) is 0 Å². The summed E-state index contributed by atoms with van der Waals surface area (Å²) in [5, 5.41) is 35.4. The molecule has 8 nitrogen and oxygen atoms in total. The van der Waals surface area contributed by atoms with Crippen molar-refractivity contribution in [2.75, 3.05) is 13.2 Å². The summed E-state index contributed by atoms with van der Waals surface area (Å²) in [6.45, 7) is 8.02. The monoisotopic (exact) mass is 468 g/mol. The van der Waals surface area contributed by atoms with E-state index in [0.29, 0.717) is 13.2 Å². The van der Waals surface area contributed by atoms with Gasteiger partial charge in [-0.3, -0.25) is 9.59 Å². The number of carbonyl (C=O) groups is 4. The van der Waals surface area contributed by atoms with Gasteiger partial charge in [-0.15, -0.1) is 0 Å². The van der Waals surface area contributed by atoms with E-state index in [1.165, 1.54) is 0 Å². The van der Waals surface area contributed by atoms with Crippen molar-refractivity contribution in [1.29, 1.82) is 0 Å². The van der Waals surface area contributed by atoms with Crippen molar-refractivity contribution in [3.8, 4) is 0 Å². The van der Waals surface area contributed by atoms with Crippen LogP contribution in [0.4, 0.5) is 0 Å². The molecule has 0 aliphatic heterocycles. The van der Waals surface area contributed by atoms with Crippen LogP contribution >= 0.6 is 0 Å². The van der Waals surface area contributed by atoms with E-state index in [2.05, 4.69) is 13.8 Å². The number of aliphatic hydroxyl groups excluding tert-OH is 2. The minimum atomic E-state index is -1.29.